The van der Waals surface area contributed by atoms with Gasteiger partial charge in [0.25, 0.3) is 0 Å². The number of rotatable bonds is 4. The predicted molar refractivity (Wildman–Crippen MR) is 77.2 cm³/mol. The number of ether oxygens (including phenoxy) is 1. The van der Waals surface area contributed by atoms with Gasteiger partial charge < -0.3 is 10.5 Å². The van der Waals surface area contributed by atoms with Crippen molar-refractivity contribution >= 4 is 17.3 Å². The van der Waals surface area contributed by atoms with Crippen LogP contribution in [-0.4, -0.2) is 4.92 Å². The maximum absolute atomic E-state index is 13.5. The molecule has 0 aromatic heterocycles. The predicted octanol–water partition coefficient (Wildman–Crippen LogP) is 4.20. The van der Waals surface area contributed by atoms with Crippen LogP contribution >= 0.6 is 11.6 Å². The Balaban J connectivity index is 2.26. The summed E-state index contributed by atoms with van der Waals surface area (Å²) in [6, 6.07) is 8.12. The molecule has 2 N–H and O–H groups in total. The second kappa shape index (κ2) is 6.07. The van der Waals surface area contributed by atoms with E-state index in [-0.39, 0.29) is 11.8 Å². The van der Waals surface area contributed by atoms with Crippen molar-refractivity contribution in [2.45, 2.75) is 13.0 Å². The van der Waals surface area contributed by atoms with Crippen molar-refractivity contribution < 1.29 is 14.1 Å². The van der Waals surface area contributed by atoms with Gasteiger partial charge in [0.05, 0.1) is 9.95 Å². The number of nitro benzene ring substituents is 1. The molecule has 0 heterocycles. The summed E-state index contributed by atoms with van der Waals surface area (Å²) >= 11 is 6.06. The maximum atomic E-state index is 13.5. The van der Waals surface area contributed by atoms with Gasteiger partial charge in [0.1, 0.15) is 11.5 Å². The van der Waals surface area contributed by atoms with Gasteiger partial charge in [0.2, 0.25) is 5.82 Å². The standard InChI is InChI=1S/C14H12ClFN2O3/c1-8(17)9-2-5-14(11(15)6-9)21-10-3-4-13(18(19)20)12(16)7-10/h2-8H,17H2,1H3/t8-/m0/s1. The SMILES string of the molecule is C[C@H](N)c1ccc(Oc2ccc([N+](=O)[O-])c(F)c2)c(Cl)c1. The Kier molecular flexibility index (Phi) is 4.40. The minimum atomic E-state index is -0.971. The van der Waals surface area contributed by atoms with Gasteiger partial charge in [0.15, 0.2) is 0 Å². The second-order valence-corrected chi connectivity index (χ2v) is 4.86. The van der Waals surface area contributed by atoms with E-state index in [1.54, 1.807) is 18.2 Å². The Labute approximate surface area is 125 Å². The fourth-order valence-corrected chi connectivity index (χ4v) is 1.94. The van der Waals surface area contributed by atoms with Crippen LogP contribution < -0.4 is 10.5 Å². The lowest BCUT2D eigenvalue weighted by atomic mass is 10.1. The van der Waals surface area contributed by atoms with E-state index in [4.69, 9.17) is 22.1 Å². The van der Waals surface area contributed by atoms with Gasteiger partial charge in [-0.1, -0.05) is 17.7 Å². The zero-order valence-electron chi connectivity index (χ0n) is 11.0. The summed E-state index contributed by atoms with van der Waals surface area (Å²) in [7, 11) is 0. The van der Waals surface area contributed by atoms with Crippen LogP contribution in [-0.2, 0) is 0 Å². The number of benzene rings is 2. The molecule has 110 valence electrons. The molecule has 5 nitrogen and oxygen atoms in total. The number of hydrogen-bond donors (Lipinski definition) is 1. The molecule has 0 aliphatic rings. The van der Waals surface area contributed by atoms with Gasteiger partial charge in [0, 0.05) is 18.2 Å². The summed E-state index contributed by atoms with van der Waals surface area (Å²) in [4.78, 5) is 9.74. The molecule has 0 aliphatic carbocycles. The highest BCUT2D eigenvalue weighted by atomic mass is 35.5. The molecule has 7 heteroatoms. The number of nitrogens with zero attached hydrogens (tertiary/aromatic N) is 1. The zero-order valence-corrected chi connectivity index (χ0v) is 11.8. The van der Waals surface area contributed by atoms with Crippen LogP contribution in [0.5, 0.6) is 11.5 Å². The van der Waals surface area contributed by atoms with Crippen molar-refractivity contribution in [2.24, 2.45) is 5.73 Å². The lowest BCUT2D eigenvalue weighted by Crippen LogP contribution is -2.04. The Hall–Kier alpha value is -2.18. The number of nitrogens with two attached hydrogens (primary N) is 1. The molecule has 2 aromatic carbocycles. The Bertz CT molecular complexity index is 692. The van der Waals surface area contributed by atoms with Crippen molar-refractivity contribution in [1.82, 2.24) is 0 Å². The largest absolute Gasteiger partial charge is 0.456 e. The van der Waals surface area contributed by atoms with E-state index < -0.39 is 16.4 Å². The summed E-state index contributed by atoms with van der Waals surface area (Å²) < 4.78 is 18.9. The summed E-state index contributed by atoms with van der Waals surface area (Å²) in [5.74, 6) is -0.538. The molecule has 0 unspecified atom stereocenters. The maximum Gasteiger partial charge on any atom is 0.305 e. The van der Waals surface area contributed by atoms with Crippen LogP contribution in [0.3, 0.4) is 0 Å². The van der Waals surface area contributed by atoms with Crippen LogP contribution in [0.25, 0.3) is 0 Å². The third-order valence-corrected chi connectivity index (χ3v) is 3.12. The first kappa shape index (κ1) is 15.2. The van der Waals surface area contributed by atoms with E-state index in [9.17, 15) is 14.5 Å². The van der Waals surface area contributed by atoms with Crippen LogP contribution in [0.15, 0.2) is 36.4 Å². The highest BCUT2D eigenvalue weighted by Gasteiger charge is 2.15. The molecular weight excluding hydrogens is 299 g/mol. The Morgan fingerprint density at radius 3 is 2.57 bits per heavy atom. The first-order chi connectivity index (χ1) is 9.88. The molecule has 0 amide bonds. The fourth-order valence-electron chi connectivity index (χ4n) is 1.71. The molecule has 0 aliphatic heterocycles. The minimum Gasteiger partial charge on any atom is -0.456 e. The fraction of sp³-hybridized carbons (Fsp3) is 0.143. The lowest BCUT2D eigenvalue weighted by molar-refractivity contribution is -0.387. The van der Waals surface area contributed by atoms with Crippen LogP contribution in [0, 0.1) is 15.9 Å². The average molecular weight is 311 g/mol. The van der Waals surface area contributed by atoms with E-state index >= 15 is 0 Å². The highest BCUT2D eigenvalue weighted by molar-refractivity contribution is 6.32. The molecular formula is C14H12ClFN2O3. The molecule has 1 atom stereocenters. The molecule has 2 aromatic rings. The molecule has 2 rings (SSSR count). The van der Waals surface area contributed by atoms with E-state index in [0.717, 1.165) is 17.7 Å². The third kappa shape index (κ3) is 3.48. The van der Waals surface area contributed by atoms with Crippen molar-refractivity contribution in [3.8, 4) is 11.5 Å². The first-order valence-corrected chi connectivity index (χ1v) is 6.43. The van der Waals surface area contributed by atoms with Gasteiger partial charge in [-0.15, -0.1) is 0 Å². The lowest BCUT2D eigenvalue weighted by Gasteiger charge is -2.11. The van der Waals surface area contributed by atoms with Crippen molar-refractivity contribution in [3.63, 3.8) is 0 Å². The molecule has 0 saturated heterocycles. The normalized spacial score (nSPS) is 12.0. The summed E-state index contributed by atoms with van der Waals surface area (Å²) in [6.45, 7) is 1.82. The highest BCUT2D eigenvalue weighted by Crippen LogP contribution is 2.32. The number of nitro groups is 1. The van der Waals surface area contributed by atoms with Gasteiger partial charge >= 0.3 is 5.69 Å². The molecule has 0 radical (unpaired) electrons. The topological polar surface area (TPSA) is 78.4 Å². The first-order valence-electron chi connectivity index (χ1n) is 6.05. The molecule has 0 spiro atoms. The monoisotopic (exact) mass is 310 g/mol. The summed E-state index contributed by atoms with van der Waals surface area (Å²) in [5.41, 5.74) is 5.96. The molecule has 0 saturated carbocycles. The van der Waals surface area contributed by atoms with Crippen LogP contribution in [0.4, 0.5) is 10.1 Å². The smallest absolute Gasteiger partial charge is 0.305 e. The van der Waals surface area contributed by atoms with Crippen molar-refractivity contribution in [2.75, 3.05) is 0 Å². The van der Waals surface area contributed by atoms with Gasteiger partial charge in [-0.25, -0.2) is 0 Å². The van der Waals surface area contributed by atoms with Crippen LogP contribution in [0.1, 0.15) is 18.5 Å². The van der Waals surface area contributed by atoms with Crippen LogP contribution in [0.2, 0.25) is 5.02 Å². The molecule has 0 bridgehead atoms. The van der Waals surface area contributed by atoms with E-state index in [1.807, 2.05) is 6.92 Å². The molecule has 21 heavy (non-hydrogen) atoms. The van der Waals surface area contributed by atoms with Gasteiger partial charge in [-0.05, 0) is 30.7 Å². The molecule has 0 fully saturated rings. The number of halogens is 2. The third-order valence-electron chi connectivity index (χ3n) is 2.83. The van der Waals surface area contributed by atoms with E-state index in [1.165, 1.54) is 6.07 Å². The zero-order chi connectivity index (χ0) is 15.6. The van der Waals surface area contributed by atoms with Gasteiger partial charge in [-0.3, -0.25) is 10.1 Å². The van der Waals surface area contributed by atoms with Crippen molar-refractivity contribution in [3.05, 3.63) is 62.9 Å². The van der Waals surface area contributed by atoms with E-state index in [0.29, 0.717) is 10.8 Å². The summed E-state index contributed by atoms with van der Waals surface area (Å²) in [6.07, 6.45) is 0. The second-order valence-electron chi connectivity index (χ2n) is 4.45. The van der Waals surface area contributed by atoms with Crippen molar-refractivity contribution in [1.29, 1.82) is 0 Å². The van der Waals surface area contributed by atoms with Gasteiger partial charge in [-0.2, -0.15) is 4.39 Å². The number of hydrogen-bond acceptors (Lipinski definition) is 4. The minimum absolute atomic E-state index is 0.119. The Morgan fingerprint density at radius 2 is 2.05 bits per heavy atom. The summed E-state index contributed by atoms with van der Waals surface area (Å²) in [5, 5.41) is 10.9. The van der Waals surface area contributed by atoms with E-state index in [2.05, 4.69) is 0 Å². The Morgan fingerprint density at radius 1 is 1.33 bits per heavy atom. The quantitative estimate of drug-likeness (QED) is 0.678. The average Bonchev–Trinajstić information content (AvgIpc) is 2.40.